The van der Waals surface area contributed by atoms with E-state index in [-0.39, 0.29) is 55.9 Å². The Balaban J connectivity index is 1.44. The SMILES string of the molecule is COc1ccc(C[C@H](NC(=O)[C@H](C)NC(=O)CN2CCOCC2)C(=O)N[C@@H](CC2CNC(=O)C2)C(=O)[C@@]2(C)CO2)cc1. The van der Waals surface area contributed by atoms with Crippen LogP contribution in [0.5, 0.6) is 5.75 Å². The number of rotatable bonds is 14. The van der Waals surface area contributed by atoms with E-state index in [1.54, 1.807) is 45.2 Å². The van der Waals surface area contributed by atoms with Gasteiger partial charge in [0, 0.05) is 32.5 Å². The lowest BCUT2D eigenvalue weighted by atomic mass is 9.91. The highest BCUT2D eigenvalue weighted by atomic mass is 16.6. The number of epoxide rings is 1. The maximum absolute atomic E-state index is 13.7. The van der Waals surface area contributed by atoms with Gasteiger partial charge in [0.15, 0.2) is 5.78 Å². The van der Waals surface area contributed by atoms with Crippen molar-refractivity contribution in [3.63, 3.8) is 0 Å². The fraction of sp³-hybridized carbons (Fsp3) is 0.621. The number of ether oxygens (including phenoxy) is 3. The van der Waals surface area contributed by atoms with Crippen molar-refractivity contribution in [1.29, 1.82) is 0 Å². The van der Waals surface area contributed by atoms with Crippen molar-refractivity contribution in [2.24, 2.45) is 5.92 Å². The van der Waals surface area contributed by atoms with Gasteiger partial charge in [-0.1, -0.05) is 12.1 Å². The highest BCUT2D eigenvalue weighted by molar-refractivity contribution is 5.98. The molecule has 1 aromatic rings. The van der Waals surface area contributed by atoms with Crippen LogP contribution in [0.3, 0.4) is 0 Å². The number of benzene rings is 1. The molecule has 3 aliphatic heterocycles. The lowest BCUT2D eigenvalue weighted by Crippen LogP contribution is -2.57. The van der Waals surface area contributed by atoms with Gasteiger partial charge in [-0.05, 0) is 43.9 Å². The molecule has 4 amide bonds. The predicted molar refractivity (Wildman–Crippen MR) is 151 cm³/mol. The predicted octanol–water partition coefficient (Wildman–Crippen LogP) is -1.07. The van der Waals surface area contributed by atoms with Crippen LogP contribution < -0.4 is 26.0 Å². The molecule has 3 saturated heterocycles. The Morgan fingerprint density at radius 3 is 2.33 bits per heavy atom. The van der Waals surface area contributed by atoms with E-state index in [2.05, 4.69) is 21.3 Å². The maximum Gasteiger partial charge on any atom is 0.243 e. The van der Waals surface area contributed by atoms with Crippen LogP contribution in [0.1, 0.15) is 32.3 Å². The Hall–Kier alpha value is -3.55. The number of nitrogens with one attached hydrogen (secondary N) is 4. The van der Waals surface area contributed by atoms with E-state index in [9.17, 15) is 24.0 Å². The zero-order valence-electron chi connectivity index (χ0n) is 24.4. The van der Waals surface area contributed by atoms with Gasteiger partial charge in [0.1, 0.15) is 23.4 Å². The zero-order chi connectivity index (χ0) is 30.3. The summed E-state index contributed by atoms with van der Waals surface area (Å²) in [6.45, 7) is 6.40. The smallest absolute Gasteiger partial charge is 0.243 e. The van der Waals surface area contributed by atoms with E-state index in [0.29, 0.717) is 38.6 Å². The minimum atomic E-state index is -1.05. The molecule has 0 bridgehead atoms. The zero-order valence-corrected chi connectivity index (χ0v) is 24.4. The van der Waals surface area contributed by atoms with Crippen LogP contribution in [0.15, 0.2) is 24.3 Å². The fourth-order valence-corrected chi connectivity index (χ4v) is 5.11. The molecule has 13 nitrogen and oxygen atoms in total. The molecule has 4 rings (SSSR count). The van der Waals surface area contributed by atoms with Crippen LogP contribution in [0.2, 0.25) is 0 Å². The van der Waals surface area contributed by atoms with Crippen molar-refractivity contribution in [1.82, 2.24) is 26.2 Å². The maximum atomic E-state index is 13.7. The number of carbonyl (C=O) groups excluding carboxylic acids is 5. The summed E-state index contributed by atoms with van der Waals surface area (Å²) in [5, 5.41) is 11.1. The third kappa shape index (κ3) is 8.73. The molecule has 0 saturated carbocycles. The molecule has 5 atom stereocenters. The van der Waals surface area contributed by atoms with Crippen LogP contribution in [0, 0.1) is 5.92 Å². The van der Waals surface area contributed by atoms with Crippen molar-refractivity contribution in [2.75, 3.05) is 53.1 Å². The lowest BCUT2D eigenvalue weighted by Gasteiger charge is -2.27. The summed E-state index contributed by atoms with van der Waals surface area (Å²) in [7, 11) is 1.55. The molecule has 3 fully saturated rings. The molecule has 0 aromatic heterocycles. The second-order valence-corrected chi connectivity index (χ2v) is 11.3. The van der Waals surface area contributed by atoms with E-state index < -0.39 is 35.5 Å². The molecule has 3 aliphatic rings. The van der Waals surface area contributed by atoms with E-state index >= 15 is 0 Å². The third-order valence-electron chi connectivity index (χ3n) is 7.84. The largest absolute Gasteiger partial charge is 0.497 e. The molecular weight excluding hydrogens is 546 g/mol. The van der Waals surface area contributed by atoms with Crippen LogP contribution in [0.4, 0.5) is 0 Å². The summed E-state index contributed by atoms with van der Waals surface area (Å²) >= 11 is 0. The van der Waals surface area contributed by atoms with Crippen molar-refractivity contribution >= 4 is 29.4 Å². The summed E-state index contributed by atoms with van der Waals surface area (Å²) < 4.78 is 15.9. The number of ketones is 1. The fourth-order valence-electron chi connectivity index (χ4n) is 5.11. The summed E-state index contributed by atoms with van der Waals surface area (Å²) in [5.74, 6) is -1.24. The normalized spacial score (nSPS) is 24.1. The van der Waals surface area contributed by atoms with Gasteiger partial charge in [-0.25, -0.2) is 0 Å². The van der Waals surface area contributed by atoms with Gasteiger partial charge in [0.25, 0.3) is 0 Å². The van der Waals surface area contributed by atoms with Crippen molar-refractivity contribution in [2.45, 2.75) is 56.8 Å². The van der Waals surface area contributed by atoms with Crippen LogP contribution in [0.25, 0.3) is 0 Å². The van der Waals surface area contributed by atoms with Crippen molar-refractivity contribution < 1.29 is 38.2 Å². The van der Waals surface area contributed by atoms with Crippen molar-refractivity contribution in [3.05, 3.63) is 29.8 Å². The van der Waals surface area contributed by atoms with Gasteiger partial charge in [0.05, 0.1) is 39.5 Å². The molecular formula is C29H41N5O8. The number of hydrogen-bond donors (Lipinski definition) is 4. The number of amides is 4. The second kappa shape index (κ2) is 14.1. The number of carbonyl (C=O) groups is 5. The molecule has 0 radical (unpaired) electrons. The number of hydrogen-bond acceptors (Lipinski definition) is 9. The van der Waals surface area contributed by atoms with Gasteiger partial charge >= 0.3 is 0 Å². The molecule has 230 valence electrons. The number of morpholine rings is 1. The molecule has 0 aliphatic carbocycles. The summed E-state index contributed by atoms with van der Waals surface area (Å²) in [5.41, 5.74) is -0.228. The minimum absolute atomic E-state index is 0.0966. The molecule has 4 N–H and O–H groups in total. The number of nitrogens with zero attached hydrogens (tertiary/aromatic N) is 1. The van der Waals surface area contributed by atoms with Gasteiger partial charge in [0.2, 0.25) is 23.6 Å². The first kappa shape index (κ1) is 31.4. The van der Waals surface area contributed by atoms with Crippen LogP contribution >= 0.6 is 0 Å². The molecule has 3 heterocycles. The molecule has 42 heavy (non-hydrogen) atoms. The monoisotopic (exact) mass is 587 g/mol. The Labute approximate surface area is 245 Å². The van der Waals surface area contributed by atoms with E-state index in [1.165, 1.54) is 0 Å². The average molecular weight is 588 g/mol. The quantitative estimate of drug-likeness (QED) is 0.198. The molecule has 13 heteroatoms. The van der Waals surface area contributed by atoms with Crippen LogP contribution in [-0.4, -0.2) is 111 Å². The topological polar surface area (TPSA) is 168 Å². The molecule has 1 unspecified atom stereocenters. The van der Waals surface area contributed by atoms with E-state index in [4.69, 9.17) is 14.2 Å². The number of methoxy groups -OCH3 is 1. The molecule has 0 spiro atoms. The summed E-state index contributed by atoms with van der Waals surface area (Å²) in [4.78, 5) is 66.4. The highest BCUT2D eigenvalue weighted by Gasteiger charge is 2.50. The van der Waals surface area contributed by atoms with Gasteiger partial charge in [-0.15, -0.1) is 0 Å². The first-order chi connectivity index (χ1) is 20.1. The van der Waals surface area contributed by atoms with Gasteiger partial charge in [-0.3, -0.25) is 28.9 Å². The van der Waals surface area contributed by atoms with Crippen molar-refractivity contribution in [3.8, 4) is 5.75 Å². The minimum Gasteiger partial charge on any atom is -0.497 e. The Bertz CT molecular complexity index is 1150. The Kier molecular flexibility index (Phi) is 10.5. The highest BCUT2D eigenvalue weighted by Crippen LogP contribution is 2.30. The first-order valence-electron chi connectivity index (χ1n) is 14.3. The first-order valence-corrected chi connectivity index (χ1v) is 14.3. The van der Waals surface area contributed by atoms with E-state index in [1.807, 2.05) is 4.90 Å². The van der Waals surface area contributed by atoms with Crippen LogP contribution in [-0.2, 0) is 39.9 Å². The van der Waals surface area contributed by atoms with E-state index in [0.717, 1.165) is 5.56 Å². The third-order valence-corrected chi connectivity index (χ3v) is 7.84. The van der Waals surface area contributed by atoms with Gasteiger partial charge in [-0.2, -0.15) is 0 Å². The summed E-state index contributed by atoms with van der Waals surface area (Å²) in [6, 6.07) is 4.23. The standard InChI is InChI=1S/C29H41N5O8/c1-18(31-25(36)16-34-8-10-41-11-9-34)27(38)33-23(12-19-4-6-21(40-3)7-5-19)28(39)32-22(26(37)29(2)17-42-29)13-20-14-24(35)30-15-20/h4-7,18,20,22-23H,8-17H2,1-3H3,(H,30,35)(H,31,36)(H,32,39)(H,33,38)/t18-,20?,22-,23-,29+/m0/s1. The second-order valence-electron chi connectivity index (χ2n) is 11.3. The number of Topliss-reactive ketones (excluding diaryl/α,β-unsaturated/α-hetero) is 1. The molecule has 1 aromatic carbocycles. The lowest BCUT2D eigenvalue weighted by molar-refractivity contribution is -0.134. The summed E-state index contributed by atoms with van der Waals surface area (Å²) in [6.07, 6.45) is 0.665. The Morgan fingerprint density at radius 2 is 1.74 bits per heavy atom. The average Bonchev–Trinajstić information content (AvgIpc) is 3.60. The Morgan fingerprint density at radius 1 is 1.07 bits per heavy atom. The van der Waals surface area contributed by atoms with Gasteiger partial charge < -0.3 is 35.5 Å².